The molecule has 4 heteroatoms. The lowest BCUT2D eigenvalue weighted by molar-refractivity contribution is 0.207. The molecule has 0 aromatic heterocycles. The van der Waals surface area contributed by atoms with E-state index in [2.05, 4.69) is 17.4 Å². The summed E-state index contributed by atoms with van der Waals surface area (Å²) >= 11 is 0. The molecule has 0 radical (unpaired) electrons. The van der Waals surface area contributed by atoms with Crippen LogP contribution in [0.1, 0.15) is 12.5 Å². The van der Waals surface area contributed by atoms with Gasteiger partial charge in [-0.25, -0.2) is 0 Å². The Kier molecular flexibility index (Phi) is 6.10. The smallest absolute Gasteiger partial charge is 0.161 e. The summed E-state index contributed by atoms with van der Waals surface area (Å²) in [5.74, 6) is 2.39. The van der Waals surface area contributed by atoms with Gasteiger partial charge in [-0.15, -0.1) is 0 Å². The van der Waals surface area contributed by atoms with E-state index >= 15 is 0 Å². The Bertz CT molecular complexity index is 569. The largest absolute Gasteiger partial charge is 0.497 e. The van der Waals surface area contributed by atoms with Gasteiger partial charge in [-0.05, 0) is 36.8 Å². The summed E-state index contributed by atoms with van der Waals surface area (Å²) < 4.78 is 16.3. The van der Waals surface area contributed by atoms with Crippen molar-refractivity contribution in [3.63, 3.8) is 0 Å². The first-order chi connectivity index (χ1) is 10.7. The molecule has 4 nitrogen and oxygen atoms in total. The molecule has 0 aliphatic rings. The van der Waals surface area contributed by atoms with E-state index in [0.29, 0.717) is 0 Å². The van der Waals surface area contributed by atoms with E-state index < -0.39 is 0 Å². The van der Waals surface area contributed by atoms with E-state index in [0.717, 1.165) is 30.3 Å². The second-order valence-electron chi connectivity index (χ2n) is 5.06. The molecule has 0 heterocycles. The lowest BCUT2D eigenvalue weighted by atomic mass is 10.2. The zero-order chi connectivity index (χ0) is 15.8. The highest BCUT2D eigenvalue weighted by Gasteiger charge is 2.08. The number of para-hydroxylation sites is 2. The number of methoxy groups -OCH3 is 2. The van der Waals surface area contributed by atoms with Crippen LogP contribution in [0.15, 0.2) is 48.5 Å². The first kappa shape index (κ1) is 16.2. The number of rotatable bonds is 8. The van der Waals surface area contributed by atoms with Gasteiger partial charge in [0.1, 0.15) is 11.9 Å². The second-order valence-corrected chi connectivity index (χ2v) is 5.06. The maximum absolute atomic E-state index is 5.90. The molecule has 0 saturated carbocycles. The summed E-state index contributed by atoms with van der Waals surface area (Å²) in [6.07, 6.45) is 0.0505. The van der Waals surface area contributed by atoms with Crippen LogP contribution in [0.5, 0.6) is 17.2 Å². The third-order valence-corrected chi connectivity index (χ3v) is 3.32. The molecule has 118 valence electrons. The van der Waals surface area contributed by atoms with Crippen LogP contribution in [0.3, 0.4) is 0 Å². The van der Waals surface area contributed by atoms with E-state index in [1.807, 2.05) is 43.3 Å². The van der Waals surface area contributed by atoms with Crippen LogP contribution in [0.25, 0.3) is 0 Å². The molecule has 0 fully saturated rings. The zero-order valence-electron chi connectivity index (χ0n) is 13.3. The number of hydrogen-bond donors (Lipinski definition) is 1. The van der Waals surface area contributed by atoms with Gasteiger partial charge in [0, 0.05) is 13.1 Å². The minimum atomic E-state index is 0.0505. The lowest BCUT2D eigenvalue weighted by Gasteiger charge is -2.17. The van der Waals surface area contributed by atoms with Crippen LogP contribution in [0.4, 0.5) is 0 Å². The maximum atomic E-state index is 5.90. The summed E-state index contributed by atoms with van der Waals surface area (Å²) in [6.45, 7) is 3.58. The highest BCUT2D eigenvalue weighted by molar-refractivity contribution is 5.39. The molecule has 0 bridgehead atoms. The quantitative estimate of drug-likeness (QED) is 0.812. The molecule has 0 spiro atoms. The maximum Gasteiger partial charge on any atom is 0.161 e. The number of nitrogens with one attached hydrogen (secondary N) is 1. The summed E-state index contributed by atoms with van der Waals surface area (Å²) in [5, 5.41) is 3.39. The topological polar surface area (TPSA) is 39.7 Å². The summed E-state index contributed by atoms with van der Waals surface area (Å²) in [5.41, 5.74) is 1.21. The molecule has 0 amide bonds. The van der Waals surface area contributed by atoms with Crippen molar-refractivity contribution in [2.75, 3.05) is 20.8 Å². The molecule has 2 rings (SSSR count). The van der Waals surface area contributed by atoms with Gasteiger partial charge in [0.05, 0.1) is 14.2 Å². The van der Waals surface area contributed by atoms with Crippen molar-refractivity contribution >= 4 is 0 Å². The Labute approximate surface area is 132 Å². The molecular weight excluding hydrogens is 278 g/mol. The summed E-state index contributed by atoms with van der Waals surface area (Å²) in [7, 11) is 3.32. The van der Waals surface area contributed by atoms with E-state index in [9.17, 15) is 0 Å². The standard InChI is InChI=1S/C18H23NO3/c1-14(22-18-7-5-4-6-17(18)21-3)12-19-13-15-8-10-16(20-2)11-9-15/h4-11,14,19H,12-13H2,1-3H3. The molecule has 22 heavy (non-hydrogen) atoms. The monoisotopic (exact) mass is 301 g/mol. The molecule has 0 aliphatic carbocycles. The van der Waals surface area contributed by atoms with E-state index in [1.54, 1.807) is 14.2 Å². The molecule has 0 aliphatic heterocycles. The normalized spacial score (nSPS) is 11.8. The van der Waals surface area contributed by atoms with Gasteiger partial charge in [-0.3, -0.25) is 0 Å². The third kappa shape index (κ3) is 4.67. The van der Waals surface area contributed by atoms with Crippen LogP contribution in [-0.2, 0) is 6.54 Å². The fourth-order valence-corrected chi connectivity index (χ4v) is 2.14. The van der Waals surface area contributed by atoms with Gasteiger partial charge in [0.2, 0.25) is 0 Å². The van der Waals surface area contributed by atoms with Crippen molar-refractivity contribution in [1.29, 1.82) is 0 Å². The first-order valence-corrected chi connectivity index (χ1v) is 7.36. The van der Waals surface area contributed by atoms with Gasteiger partial charge >= 0.3 is 0 Å². The van der Waals surface area contributed by atoms with Gasteiger partial charge in [0.25, 0.3) is 0 Å². The highest BCUT2D eigenvalue weighted by Crippen LogP contribution is 2.26. The summed E-state index contributed by atoms with van der Waals surface area (Å²) in [4.78, 5) is 0. The van der Waals surface area contributed by atoms with Gasteiger partial charge in [0.15, 0.2) is 11.5 Å². The molecular formula is C18H23NO3. The van der Waals surface area contributed by atoms with Crippen molar-refractivity contribution in [2.24, 2.45) is 0 Å². The van der Waals surface area contributed by atoms with E-state index in [-0.39, 0.29) is 6.10 Å². The number of benzene rings is 2. The second kappa shape index (κ2) is 8.29. The van der Waals surface area contributed by atoms with Crippen LogP contribution < -0.4 is 19.5 Å². The Balaban J connectivity index is 1.78. The minimum Gasteiger partial charge on any atom is -0.497 e. The van der Waals surface area contributed by atoms with Crippen molar-refractivity contribution in [3.8, 4) is 17.2 Å². The fraction of sp³-hybridized carbons (Fsp3) is 0.333. The SMILES string of the molecule is COc1ccc(CNCC(C)Oc2ccccc2OC)cc1. The minimum absolute atomic E-state index is 0.0505. The van der Waals surface area contributed by atoms with Crippen LogP contribution in [0.2, 0.25) is 0 Å². The Morgan fingerprint density at radius 3 is 2.23 bits per heavy atom. The highest BCUT2D eigenvalue weighted by atomic mass is 16.5. The fourth-order valence-electron chi connectivity index (χ4n) is 2.14. The van der Waals surface area contributed by atoms with Gasteiger partial charge in [-0.2, -0.15) is 0 Å². The molecule has 1 atom stereocenters. The molecule has 1 unspecified atom stereocenters. The van der Waals surface area contributed by atoms with Gasteiger partial charge in [-0.1, -0.05) is 24.3 Å². The average molecular weight is 301 g/mol. The molecule has 0 saturated heterocycles. The number of ether oxygens (including phenoxy) is 3. The third-order valence-electron chi connectivity index (χ3n) is 3.32. The van der Waals surface area contributed by atoms with Gasteiger partial charge < -0.3 is 19.5 Å². The van der Waals surface area contributed by atoms with E-state index in [4.69, 9.17) is 14.2 Å². The van der Waals surface area contributed by atoms with Crippen LogP contribution in [0, 0.1) is 0 Å². The van der Waals surface area contributed by atoms with Crippen molar-refractivity contribution in [2.45, 2.75) is 19.6 Å². The predicted molar refractivity (Wildman–Crippen MR) is 87.8 cm³/mol. The van der Waals surface area contributed by atoms with Crippen molar-refractivity contribution in [3.05, 3.63) is 54.1 Å². The Morgan fingerprint density at radius 1 is 0.909 bits per heavy atom. The first-order valence-electron chi connectivity index (χ1n) is 7.36. The zero-order valence-corrected chi connectivity index (χ0v) is 13.3. The summed E-state index contributed by atoms with van der Waals surface area (Å²) in [6, 6.07) is 15.7. The molecule has 2 aromatic rings. The Hall–Kier alpha value is -2.20. The van der Waals surface area contributed by atoms with E-state index in [1.165, 1.54) is 5.56 Å². The van der Waals surface area contributed by atoms with Crippen LogP contribution in [-0.4, -0.2) is 26.9 Å². The van der Waals surface area contributed by atoms with Crippen molar-refractivity contribution in [1.82, 2.24) is 5.32 Å². The predicted octanol–water partition coefficient (Wildman–Crippen LogP) is 3.26. The number of hydrogen-bond acceptors (Lipinski definition) is 4. The van der Waals surface area contributed by atoms with Crippen LogP contribution >= 0.6 is 0 Å². The lowest BCUT2D eigenvalue weighted by Crippen LogP contribution is -2.28. The Morgan fingerprint density at radius 2 is 1.59 bits per heavy atom. The molecule has 1 N–H and O–H groups in total. The van der Waals surface area contributed by atoms with Crippen molar-refractivity contribution < 1.29 is 14.2 Å². The molecule has 2 aromatic carbocycles. The average Bonchev–Trinajstić information content (AvgIpc) is 2.56.